The number of aliphatic hydroxyl groups is 1. The van der Waals surface area contributed by atoms with E-state index >= 15 is 0 Å². The van der Waals surface area contributed by atoms with Crippen molar-refractivity contribution in [1.29, 1.82) is 0 Å². The topological polar surface area (TPSA) is 66.4 Å². The maximum atomic E-state index is 8.54. The van der Waals surface area contributed by atoms with Crippen molar-refractivity contribution in [3.8, 4) is 0 Å². The van der Waals surface area contributed by atoms with E-state index in [1.54, 1.807) is 0 Å². The highest BCUT2D eigenvalue weighted by Crippen LogP contribution is 2.16. The van der Waals surface area contributed by atoms with Gasteiger partial charge in [0.05, 0.1) is 66.1 Å². The van der Waals surface area contributed by atoms with E-state index in [2.05, 4.69) is 13.8 Å². The number of ether oxygens (including phenoxy) is 5. The third-order valence-corrected chi connectivity index (χ3v) is 4.51. The lowest BCUT2D eigenvalue weighted by Gasteiger charge is -2.10. The van der Waals surface area contributed by atoms with E-state index in [1.807, 2.05) is 0 Å². The van der Waals surface area contributed by atoms with E-state index < -0.39 is 0 Å². The minimum Gasteiger partial charge on any atom is -0.394 e. The molecule has 0 aromatic rings. The quantitative estimate of drug-likeness (QED) is 0.246. The van der Waals surface area contributed by atoms with Crippen LogP contribution in [-0.4, -0.2) is 77.8 Å². The van der Waals surface area contributed by atoms with Gasteiger partial charge < -0.3 is 28.8 Å². The van der Waals surface area contributed by atoms with Gasteiger partial charge in [0.1, 0.15) is 0 Å². The molecular formula is C22H46O6. The van der Waals surface area contributed by atoms with Crippen LogP contribution in [0.3, 0.4) is 0 Å². The molecule has 0 bridgehead atoms. The summed E-state index contributed by atoms with van der Waals surface area (Å²) in [5.41, 5.74) is 0. The van der Waals surface area contributed by atoms with Crippen LogP contribution in [0.2, 0.25) is 0 Å². The summed E-state index contributed by atoms with van der Waals surface area (Å²) in [5.74, 6) is 0.875. The van der Waals surface area contributed by atoms with E-state index in [0.717, 1.165) is 18.9 Å². The third-order valence-electron chi connectivity index (χ3n) is 4.51. The van der Waals surface area contributed by atoms with Gasteiger partial charge in [0.15, 0.2) is 0 Å². The highest BCUT2D eigenvalue weighted by Gasteiger charge is 2.01. The maximum absolute atomic E-state index is 8.54. The van der Waals surface area contributed by atoms with Crippen LogP contribution in [0.4, 0.5) is 0 Å². The number of unbranched alkanes of at least 4 members (excludes halogenated alkanes) is 4. The average molecular weight is 407 g/mol. The van der Waals surface area contributed by atoms with Crippen molar-refractivity contribution in [2.24, 2.45) is 5.92 Å². The molecule has 0 amide bonds. The Hall–Kier alpha value is -0.240. The molecular weight excluding hydrogens is 360 g/mol. The average Bonchev–Trinajstić information content (AvgIpc) is 2.70. The molecule has 0 aliphatic heterocycles. The van der Waals surface area contributed by atoms with Gasteiger partial charge in [-0.2, -0.15) is 0 Å². The van der Waals surface area contributed by atoms with Crippen LogP contribution in [0, 0.1) is 5.92 Å². The van der Waals surface area contributed by atoms with E-state index in [1.165, 1.54) is 44.9 Å². The lowest BCUT2D eigenvalue weighted by molar-refractivity contribution is -0.0134. The molecule has 0 saturated carbocycles. The fourth-order valence-corrected chi connectivity index (χ4v) is 2.81. The van der Waals surface area contributed by atoms with Crippen molar-refractivity contribution in [2.75, 3.05) is 72.7 Å². The molecule has 0 rings (SSSR count). The molecule has 1 atom stereocenters. The molecule has 0 saturated heterocycles. The third kappa shape index (κ3) is 23.8. The summed E-state index contributed by atoms with van der Waals surface area (Å²) in [6, 6.07) is 0. The zero-order valence-electron chi connectivity index (χ0n) is 18.5. The van der Waals surface area contributed by atoms with Gasteiger partial charge in [-0.25, -0.2) is 0 Å². The molecule has 1 unspecified atom stereocenters. The van der Waals surface area contributed by atoms with Crippen molar-refractivity contribution < 1.29 is 28.8 Å². The van der Waals surface area contributed by atoms with E-state index in [-0.39, 0.29) is 6.61 Å². The Balaban J connectivity index is 3.05. The second-order valence-corrected chi connectivity index (χ2v) is 7.24. The van der Waals surface area contributed by atoms with Crippen LogP contribution in [0.15, 0.2) is 0 Å². The van der Waals surface area contributed by atoms with Gasteiger partial charge in [-0.15, -0.1) is 0 Å². The lowest BCUT2D eigenvalue weighted by Crippen LogP contribution is -2.13. The Morgan fingerprint density at radius 1 is 0.536 bits per heavy atom. The molecule has 0 heterocycles. The van der Waals surface area contributed by atoms with E-state index in [4.69, 9.17) is 28.8 Å². The highest BCUT2D eigenvalue weighted by atomic mass is 16.6. The van der Waals surface area contributed by atoms with Gasteiger partial charge in [0.25, 0.3) is 0 Å². The minimum atomic E-state index is 0.0484. The molecule has 170 valence electrons. The van der Waals surface area contributed by atoms with Crippen LogP contribution in [0.25, 0.3) is 0 Å². The van der Waals surface area contributed by atoms with Gasteiger partial charge in [0.2, 0.25) is 0 Å². The Morgan fingerprint density at radius 3 is 1.43 bits per heavy atom. The highest BCUT2D eigenvalue weighted by molar-refractivity contribution is 4.54. The van der Waals surface area contributed by atoms with Crippen molar-refractivity contribution in [3.63, 3.8) is 0 Å². The zero-order chi connectivity index (χ0) is 20.5. The van der Waals surface area contributed by atoms with Crippen molar-refractivity contribution in [1.82, 2.24) is 0 Å². The van der Waals surface area contributed by atoms with Gasteiger partial charge in [-0.05, 0) is 12.3 Å². The summed E-state index contributed by atoms with van der Waals surface area (Å²) >= 11 is 0. The number of rotatable bonds is 24. The maximum Gasteiger partial charge on any atom is 0.0701 e. The fraction of sp³-hybridized carbons (Fsp3) is 1.00. The first kappa shape index (κ1) is 27.8. The number of hydrogen-bond donors (Lipinski definition) is 1. The van der Waals surface area contributed by atoms with Gasteiger partial charge in [-0.3, -0.25) is 0 Å². The SMILES string of the molecule is CCCCCC(C)CCCCCOCCOCCOCCOCCOCCO. The first-order valence-electron chi connectivity index (χ1n) is 11.3. The molecule has 0 aromatic carbocycles. The molecule has 6 nitrogen and oxygen atoms in total. The summed E-state index contributed by atoms with van der Waals surface area (Å²) in [4.78, 5) is 0. The minimum absolute atomic E-state index is 0.0484. The number of aliphatic hydroxyl groups excluding tert-OH is 1. The molecule has 0 spiro atoms. The molecule has 0 aliphatic carbocycles. The zero-order valence-corrected chi connectivity index (χ0v) is 18.5. The van der Waals surface area contributed by atoms with Crippen LogP contribution in [-0.2, 0) is 23.7 Å². The van der Waals surface area contributed by atoms with Crippen LogP contribution < -0.4 is 0 Å². The Kier molecular flexibility index (Phi) is 24.6. The summed E-state index contributed by atoms with van der Waals surface area (Å²) in [7, 11) is 0. The summed E-state index contributed by atoms with van der Waals surface area (Å²) in [6.45, 7) is 10.4. The second-order valence-electron chi connectivity index (χ2n) is 7.24. The van der Waals surface area contributed by atoms with E-state index in [0.29, 0.717) is 59.5 Å². The summed E-state index contributed by atoms with van der Waals surface area (Å²) < 4.78 is 26.9. The predicted octanol–water partition coefficient (Wildman–Crippen LogP) is 3.84. The molecule has 6 heteroatoms. The molecule has 28 heavy (non-hydrogen) atoms. The first-order chi connectivity index (χ1) is 13.8. The van der Waals surface area contributed by atoms with Gasteiger partial charge in [0, 0.05) is 6.61 Å². The molecule has 1 N–H and O–H groups in total. The Bertz CT molecular complexity index is 278. The summed E-state index contributed by atoms with van der Waals surface area (Å²) in [6.07, 6.45) is 10.6. The molecule has 0 aromatic heterocycles. The van der Waals surface area contributed by atoms with Gasteiger partial charge >= 0.3 is 0 Å². The lowest BCUT2D eigenvalue weighted by atomic mass is 9.97. The molecule has 0 aliphatic rings. The number of hydrogen-bond acceptors (Lipinski definition) is 6. The molecule has 0 radical (unpaired) electrons. The van der Waals surface area contributed by atoms with Crippen molar-refractivity contribution >= 4 is 0 Å². The van der Waals surface area contributed by atoms with Crippen molar-refractivity contribution in [2.45, 2.75) is 65.2 Å². The normalized spacial score (nSPS) is 12.5. The monoisotopic (exact) mass is 406 g/mol. The van der Waals surface area contributed by atoms with Crippen molar-refractivity contribution in [3.05, 3.63) is 0 Å². The Morgan fingerprint density at radius 2 is 0.964 bits per heavy atom. The molecule has 0 fully saturated rings. The smallest absolute Gasteiger partial charge is 0.0701 e. The van der Waals surface area contributed by atoms with Crippen LogP contribution in [0.5, 0.6) is 0 Å². The standard InChI is InChI=1S/C22H46O6/c1-3-4-6-9-22(2)10-7-5-8-12-24-14-16-26-18-20-28-21-19-27-17-15-25-13-11-23/h22-23H,3-21H2,1-2H3. The summed E-state index contributed by atoms with van der Waals surface area (Å²) in [5, 5.41) is 8.54. The fourth-order valence-electron chi connectivity index (χ4n) is 2.81. The largest absolute Gasteiger partial charge is 0.394 e. The first-order valence-corrected chi connectivity index (χ1v) is 11.3. The van der Waals surface area contributed by atoms with Gasteiger partial charge in [-0.1, -0.05) is 58.8 Å². The predicted molar refractivity (Wildman–Crippen MR) is 113 cm³/mol. The Labute approximate surface area is 173 Å². The van der Waals surface area contributed by atoms with Crippen LogP contribution in [0.1, 0.15) is 65.2 Å². The second kappa shape index (κ2) is 24.8. The van der Waals surface area contributed by atoms with E-state index in [9.17, 15) is 0 Å². The van der Waals surface area contributed by atoms with Crippen LogP contribution >= 0.6 is 0 Å².